The van der Waals surface area contributed by atoms with Crippen LogP contribution in [0.15, 0.2) is 30.3 Å². The Bertz CT molecular complexity index is 614. The van der Waals surface area contributed by atoms with Gasteiger partial charge in [0.15, 0.2) is 0 Å². The van der Waals surface area contributed by atoms with Crippen LogP contribution in [0.2, 0.25) is 0 Å². The third kappa shape index (κ3) is 4.12. The van der Waals surface area contributed by atoms with Gasteiger partial charge < -0.3 is 4.74 Å². The van der Waals surface area contributed by atoms with Gasteiger partial charge in [0.2, 0.25) is 0 Å². The number of rotatable bonds is 5. The van der Waals surface area contributed by atoms with Crippen LogP contribution in [0.3, 0.4) is 0 Å². The molecule has 23 heavy (non-hydrogen) atoms. The monoisotopic (exact) mass is 340 g/mol. The van der Waals surface area contributed by atoms with Gasteiger partial charge in [-0.15, -0.1) is 0 Å². The van der Waals surface area contributed by atoms with E-state index >= 15 is 0 Å². The molecule has 1 aromatic rings. The highest BCUT2D eigenvalue weighted by atomic mass is 32.2. The average molecular weight is 340 g/mol. The van der Waals surface area contributed by atoms with Crippen molar-refractivity contribution in [2.45, 2.75) is 51.3 Å². The van der Waals surface area contributed by atoms with Crippen LogP contribution in [-0.2, 0) is 14.9 Å². The lowest BCUT2D eigenvalue weighted by molar-refractivity contribution is -0.0763. The summed E-state index contributed by atoms with van der Waals surface area (Å²) in [6.07, 6.45) is 1.41. The Hall–Kier alpha value is -0.950. The molecule has 2 rings (SSSR count). The maximum atomic E-state index is 13.0. The van der Waals surface area contributed by atoms with E-state index < -0.39 is 10.2 Å². The highest BCUT2D eigenvalue weighted by Gasteiger charge is 2.41. The number of nitrogens with zero attached hydrogens (tertiary/aromatic N) is 2. The first kappa shape index (κ1) is 18.4. The zero-order chi connectivity index (χ0) is 17.3. The molecule has 0 spiro atoms. The first-order valence-corrected chi connectivity index (χ1v) is 9.45. The summed E-state index contributed by atoms with van der Waals surface area (Å²) in [4.78, 5) is 0. The summed E-state index contributed by atoms with van der Waals surface area (Å²) in [5, 5.41) is 0. The van der Waals surface area contributed by atoms with E-state index in [1.54, 1.807) is 18.4 Å². The molecule has 0 aromatic heterocycles. The van der Waals surface area contributed by atoms with E-state index in [0.29, 0.717) is 19.4 Å². The lowest BCUT2D eigenvalue weighted by atomic mass is 9.93. The highest BCUT2D eigenvalue weighted by molar-refractivity contribution is 7.86. The molecule has 1 saturated heterocycles. The summed E-state index contributed by atoms with van der Waals surface area (Å²) < 4.78 is 34.7. The van der Waals surface area contributed by atoms with E-state index in [1.165, 1.54) is 4.31 Å². The van der Waals surface area contributed by atoms with Gasteiger partial charge in [-0.2, -0.15) is 17.0 Å². The summed E-state index contributed by atoms with van der Waals surface area (Å²) in [5.74, 6) is 0. The minimum absolute atomic E-state index is 0.0682. The molecule has 0 N–H and O–H groups in total. The van der Waals surface area contributed by atoms with Crippen molar-refractivity contribution in [3.63, 3.8) is 0 Å². The Morgan fingerprint density at radius 3 is 2.35 bits per heavy atom. The number of hydrogen-bond acceptors (Lipinski definition) is 3. The summed E-state index contributed by atoms with van der Waals surface area (Å²) in [6, 6.07) is 9.50. The van der Waals surface area contributed by atoms with Gasteiger partial charge in [0, 0.05) is 32.8 Å². The van der Waals surface area contributed by atoms with Gasteiger partial charge in [-0.1, -0.05) is 30.3 Å². The fourth-order valence-corrected chi connectivity index (χ4v) is 4.64. The topological polar surface area (TPSA) is 49.9 Å². The van der Waals surface area contributed by atoms with Crippen LogP contribution >= 0.6 is 0 Å². The van der Waals surface area contributed by atoms with E-state index in [2.05, 4.69) is 0 Å². The third-order valence-electron chi connectivity index (χ3n) is 4.42. The average Bonchev–Trinajstić information content (AvgIpc) is 2.47. The Kier molecular flexibility index (Phi) is 5.51. The van der Waals surface area contributed by atoms with Crippen LogP contribution < -0.4 is 0 Å². The maximum Gasteiger partial charge on any atom is 0.282 e. The van der Waals surface area contributed by atoms with Crippen LogP contribution in [0.4, 0.5) is 0 Å². The second kappa shape index (κ2) is 6.89. The fraction of sp³-hybridized carbons (Fsp3) is 0.647. The van der Waals surface area contributed by atoms with Gasteiger partial charge in [-0.25, -0.2) is 0 Å². The van der Waals surface area contributed by atoms with Gasteiger partial charge in [0.25, 0.3) is 10.2 Å². The molecular formula is C17H28N2O3S. The smallest absolute Gasteiger partial charge is 0.282 e. The molecule has 2 atom stereocenters. The van der Waals surface area contributed by atoms with Crippen molar-refractivity contribution in [3.8, 4) is 0 Å². The molecule has 1 aromatic carbocycles. The summed E-state index contributed by atoms with van der Waals surface area (Å²) in [6.45, 7) is 6.58. The maximum absolute atomic E-state index is 13.0. The van der Waals surface area contributed by atoms with E-state index in [-0.39, 0.29) is 17.7 Å². The van der Waals surface area contributed by atoms with Crippen LogP contribution in [0.25, 0.3) is 0 Å². The summed E-state index contributed by atoms with van der Waals surface area (Å²) >= 11 is 0. The molecule has 1 fully saturated rings. The number of benzene rings is 1. The molecule has 0 radical (unpaired) electrons. The number of ether oxygens (including phenoxy) is 1. The van der Waals surface area contributed by atoms with Crippen molar-refractivity contribution >= 4 is 10.2 Å². The number of hydrogen-bond donors (Lipinski definition) is 0. The van der Waals surface area contributed by atoms with Crippen LogP contribution in [0.1, 0.15) is 45.2 Å². The largest absolute Gasteiger partial charge is 0.375 e. The minimum atomic E-state index is -3.53. The van der Waals surface area contributed by atoms with Crippen molar-refractivity contribution in [2.24, 2.45) is 0 Å². The van der Waals surface area contributed by atoms with E-state index in [4.69, 9.17) is 4.74 Å². The molecule has 6 heteroatoms. The predicted octanol–water partition coefficient (Wildman–Crippen LogP) is 2.81. The molecular weight excluding hydrogens is 312 g/mol. The van der Waals surface area contributed by atoms with E-state index in [1.807, 2.05) is 51.1 Å². The van der Waals surface area contributed by atoms with Crippen molar-refractivity contribution in [1.82, 2.24) is 8.61 Å². The predicted molar refractivity (Wildman–Crippen MR) is 92.4 cm³/mol. The third-order valence-corrected chi connectivity index (χ3v) is 6.49. The minimum Gasteiger partial charge on any atom is -0.375 e. The molecule has 1 aliphatic heterocycles. The quantitative estimate of drug-likeness (QED) is 0.828. The van der Waals surface area contributed by atoms with Crippen LogP contribution in [0, 0.1) is 0 Å². The molecule has 2 unspecified atom stereocenters. The van der Waals surface area contributed by atoms with E-state index in [0.717, 1.165) is 5.56 Å². The Morgan fingerprint density at radius 2 is 1.83 bits per heavy atom. The SMILES string of the molecule is CC(c1ccccc1)N(C1CCOC(C)(C)C1)S(=O)(=O)N(C)C. The molecule has 1 aliphatic rings. The van der Waals surface area contributed by atoms with Gasteiger partial charge in [-0.05, 0) is 39.2 Å². The Balaban J connectivity index is 2.40. The summed E-state index contributed by atoms with van der Waals surface area (Å²) in [5.41, 5.74) is 0.696. The van der Waals surface area contributed by atoms with Gasteiger partial charge in [0.05, 0.1) is 5.60 Å². The van der Waals surface area contributed by atoms with Gasteiger partial charge in [-0.3, -0.25) is 0 Å². The molecule has 130 valence electrons. The van der Waals surface area contributed by atoms with Crippen molar-refractivity contribution in [2.75, 3.05) is 20.7 Å². The standard InChI is InChI=1S/C17H28N2O3S/c1-14(15-9-7-6-8-10-15)19(23(20,21)18(4)5)16-11-12-22-17(2,3)13-16/h6-10,14,16H,11-13H2,1-5H3. The molecule has 1 heterocycles. The second-order valence-corrected chi connectivity index (χ2v) is 9.01. The van der Waals surface area contributed by atoms with Gasteiger partial charge >= 0.3 is 0 Å². The zero-order valence-corrected chi connectivity index (χ0v) is 15.5. The molecule has 0 amide bonds. The Labute approximate surface area is 140 Å². The lowest BCUT2D eigenvalue weighted by Gasteiger charge is -2.43. The van der Waals surface area contributed by atoms with E-state index in [9.17, 15) is 8.42 Å². The Morgan fingerprint density at radius 1 is 1.22 bits per heavy atom. The lowest BCUT2D eigenvalue weighted by Crippen LogP contribution is -2.52. The molecule has 0 aliphatic carbocycles. The molecule has 5 nitrogen and oxygen atoms in total. The zero-order valence-electron chi connectivity index (χ0n) is 14.7. The second-order valence-electron chi connectivity index (χ2n) is 6.96. The van der Waals surface area contributed by atoms with Gasteiger partial charge in [0.1, 0.15) is 0 Å². The highest BCUT2D eigenvalue weighted by Crippen LogP contribution is 2.35. The van der Waals surface area contributed by atoms with Crippen molar-refractivity contribution in [1.29, 1.82) is 0 Å². The normalized spacial score (nSPS) is 23.2. The first-order chi connectivity index (χ1) is 10.6. The molecule has 0 saturated carbocycles. The van der Waals surface area contributed by atoms with Crippen LogP contribution in [0.5, 0.6) is 0 Å². The van der Waals surface area contributed by atoms with Crippen molar-refractivity contribution < 1.29 is 13.2 Å². The first-order valence-electron chi connectivity index (χ1n) is 8.05. The molecule has 0 bridgehead atoms. The van der Waals surface area contributed by atoms with Crippen molar-refractivity contribution in [3.05, 3.63) is 35.9 Å². The van der Waals surface area contributed by atoms with Crippen LogP contribution in [-0.4, -0.2) is 49.4 Å². The summed E-state index contributed by atoms with van der Waals surface area (Å²) in [7, 11) is -0.349. The fourth-order valence-electron chi connectivity index (χ4n) is 3.19.